The minimum absolute atomic E-state index is 0.254. The van der Waals surface area contributed by atoms with Crippen LogP contribution in [-0.2, 0) is 17.7 Å². The van der Waals surface area contributed by atoms with E-state index in [1.54, 1.807) is 23.9 Å². The number of carbonyl (C=O) groups excluding carboxylic acids is 1. The molecule has 0 N–H and O–H groups in total. The van der Waals surface area contributed by atoms with Crippen molar-refractivity contribution in [2.45, 2.75) is 19.9 Å². The van der Waals surface area contributed by atoms with Crippen molar-refractivity contribution >= 4 is 40.2 Å². The van der Waals surface area contributed by atoms with Crippen molar-refractivity contribution in [3.05, 3.63) is 58.0 Å². The lowest BCUT2D eigenvalue weighted by atomic mass is 10.1. The number of fused-ring (bicyclic) bond motifs is 1. The van der Waals surface area contributed by atoms with Gasteiger partial charge in [0, 0.05) is 12.7 Å². The maximum Gasteiger partial charge on any atom is 0.341 e. The maximum atomic E-state index is 11.9. The van der Waals surface area contributed by atoms with Gasteiger partial charge in [0.25, 0.3) is 5.95 Å². The number of methoxy groups -OCH3 is 1. The highest BCUT2D eigenvalue weighted by Crippen LogP contribution is 2.25. The van der Waals surface area contributed by atoms with E-state index >= 15 is 0 Å². The van der Waals surface area contributed by atoms with E-state index in [9.17, 15) is 4.79 Å². The fraction of sp³-hybridized carbons (Fsp3) is 0.250. The summed E-state index contributed by atoms with van der Waals surface area (Å²) in [5, 5.41) is 9.60. The molecule has 0 radical (unpaired) electrons. The lowest BCUT2D eigenvalue weighted by molar-refractivity contribution is 0.0526. The molecule has 1 aromatic carbocycles. The Labute approximate surface area is 187 Å². The number of nitrogens with zero attached hydrogens (tertiary/aromatic N) is 6. The summed E-state index contributed by atoms with van der Waals surface area (Å²) in [6.45, 7) is 2.58. The zero-order valence-corrected chi connectivity index (χ0v) is 18.3. The number of carbonyl (C=O) groups is 1. The van der Waals surface area contributed by atoms with Gasteiger partial charge in [0.1, 0.15) is 11.0 Å². The molecule has 0 aliphatic rings. The molecule has 0 fully saturated rings. The van der Waals surface area contributed by atoms with Crippen molar-refractivity contribution in [3.63, 3.8) is 0 Å². The van der Waals surface area contributed by atoms with Crippen molar-refractivity contribution < 1.29 is 14.3 Å². The molecule has 0 aliphatic carbocycles. The standard InChI is InChI=1S/C20H18Cl2N6O3/c1-3-31-19(29)13-9-23-28(11-13)20-25-16-10-24-27(17(16)18(26-20)30-2)7-6-12-4-5-14(21)15(22)8-12/h4-5,8-11H,3,6-7H2,1-2H3. The topological polar surface area (TPSA) is 97.0 Å². The molecule has 4 aromatic rings. The highest BCUT2D eigenvalue weighted by Gasteiger charge is 2.17. The summed E-state index contributed by atoms with van der Waals surface area (Å²) in [5.41, 5.74) is 2.58. The number of hydrogen-bond acceptors (Lipinski definition) is 7. The molecule has 0 bridgehead atoms. The van der Waals surface area contributed by atoms with Crippen LogP contribution in [0.5, 0.6) is 5.88 Å². The van der Waals surface area contributed by atoms with Crippen LogP contribution in [0.25, 0.3) is 17.0 Å². The first kappa shape index (κ1) is 21.1. The van der Waals surface area contributed by atoms with E-state index in [-0.39, 0.29) is 12.6 Å². The third-order valence-electron chi connectivity index (χ3n) is 4.53. The number of esters is 1. The Balaban J connectivity index is 1.62. The summed E-state index contributed by atoms with van der Waals surface area (Å²) < 4.78 is 13.6. The van der Waals surface area contributed by atoms with Crippen LogP contribution in [0.3, 0.4) is 0 Å². The van der Waals surface area contributed by atoms with Crippen LogP contribution in [-0.4, -0.2) is 49.2 Å². The SMILES string of the molecule is CCOC(=O)c1cnn(-c2nc(OC)c3c(cnn3CCc3ccc(Cl)c(Cl)c3)n2)c1. The smallest absolute Gasteiger partial charge is 0.341 e. The molecule has 4 rings (SSSR count). The Morgan fingerprint density at radius 2 is 1.97 bits per heavy atom. The molecule has 3 heterocycles. The summed E-state index contributed by atoms with van der Waals surface area (Å²) in [5.74, 6) is 0.140. The molecule has 0 aliphatic heterocycles. The molecule has 160 valence electrons. The monoisotopic (exact) mass is 460 g/mol. The largest absolute Gasteiger partial charge is 0.479 e. The molecule has 31 heavy (non-hydrogen) atoms. The molecule has 0 saturated heterocycles. The van der Waals surface area contributed by atoms with Crippen molar-refractivity contribution in [3.8, 4) is 11.8 Å². The summed E-state index contributed by atoms with van der Waals surface area (Å²) in [7, 11) is 1.52. The van der Waals surface area contributed by atoms with Crippen molar-refractivity contribution in [1.82, 2.24) is 29.5 Å². The number of benzene rings is 1. The van der Waals surface area contributed by atoms with Gasteiger partial charge in [-0.15, -0.1) is 0 Å². The number of hydrogen-bond donors (Lipinski definition) is 0. The van der Waals surface area contributed by atoms with E-state index in [4.69, 9.17) is 32.7 Å². The Morgan fingerprint density at radius 3 is 2.71 bits per heavy atom. The molecule has 0 unspecified atom stereocenters. The van der Waals surface area contributed by atoms with Gasteiger partial charge in [-0.1, -0.05) is 29.3 Å². The second-order valence-corrected chi connectivity index (χ2v) is 7.34. The van der Waals surface area contributed by atoms with Crippen LogP contribution in [0.4, 0.5) is 0 Å². The summed E-state index contributed by atoms with van der Waals surface area (Å²) in [4.78, 5) is 20.8. The van der Waals surface area contributed by atoms with Crippen molar-refractivity contribution in [1.29, 1.82) is 0 Å². The lowest BCUT2D eigenvalue weighted by Gasteiger charge is -2.09. The van der Waals surface area contributed by atoms with Gasteiger partial charge in [0.15, 0.2) is 0 Å². The molecule has 11 heteroatoms. The average molecular weight is 461 g/mol. The molecule has 9 nitrogen and oxygen atoms in total. The maximum absolute atomic E-state index is 11.9. The number of halogens is 2. The van der Waals surface area contributed by atoms with E-state index in [0.29, 0.717) is 45.5 Å². The number of aromatic nitrogens is 6. The first-order chi connectivity index (χ1) is 15.0. The van der Waals surface area contributed by atoms with E-state index in [1.807, 2.05) is 12.1 Å². The van der Waals surface area contributed by atoms with Gasteiger partial charge in [-0.3, -0.25) is 4.68 Å². The Hall–Kier alpha value is -3.17. The minimum Gasteiger partial charge on any atom is -0.479 e. The molecular formula is C20H18Cl2N6O3. The molecule has 3 aromatic heterocycles. The number of ether oxygens (including phenoxy) is 2. The fourth-order valence-electron chi connectivity index (χ4n) is 3.05. The van der Waals surface area contributed by atoms with Crippen LogP contribution >= 0.6 is 23.2 Å². The predicted octanol–water partition coefficient (Wildman–Crippen LogP) is 3.75. The van der Waals surface area contributed by atoms with Gasteiger partial charge >= 0.3 is 5.97 Å². The van der Waals surface area contributed by atoms with Crippen molar-refractivity contribution in [2.24, 2.45) is 0 Å². The van der Waals surface area contributed by atoms with E-state index in [2.05, 4.69) is 20.2 Å². The molecule has 0 atom stereocenters. The van der Waals surface area contributed by atoms with Gasteiger partial charge in [-0.05, 0) is 31.0 Å². The number of rotatable bonds is 7. The van der Waals surface area contributed by atoms with Gasteiger partial charge in [-0.25, -0.2) is 14.5 Å². The normalized spacial score (nSPS) is 11.1. The second-order valence-electron chi connectivity index (χ2n) is 6.53. The van der Waals surface area contributed by atoms with Gasteiger partial charge in [-0.2, -0.15) is 15.2 Å². The van der Waals surface area contributed by atoms with Gasteiger partial charge in [0.2, 0.25) is 5.88 Å². The van der Waals surface area contributed by atoms with Gasteiger partial charge in [0.05, 0.1) is 41.7 Å². The molecule has 0 amide bonds. The Kier molecular flexibility index (Phi) is 6.06. The van der Waals surface area contributed by atoms with Crippen LogP contribution in [0, 0.1) is 0 Å². The molecule has 0 spiro atoms. The van der Waals surface area contributed by atoms with Crippen LogP contribution in [0.2, 0.25) is 10.0 Å². The third-order valence-corrected chi connectivity index (χ3v) is 5.27. The number of aryl methyl sites for hydroxylation is 2. The van der Waals surface area contributed by atoms with E-state index in [0.717, 1.165) is 5.56 Å². The highest BCUT2D eigenvalue weighted by atomic mass is 35.5. The van der Waals surface area contributed by atoms with E-state index in [1.165, 1.54) is 24.2 Å². The summed E-state index contributed by atoms with van der Waals surface area (Å²) >= 11 is 12.1. The Morgan fingerprint density at radius 1 is 1.13 bits per heavy atom. The van der Waals surface area contributed by atoms with E-state index < -0.39 is 5.97 Å². The zero-order chi connectivity index (χ0) is 22.0. The summed E-state index contributed by atoms with van der Waals surface area (Å²) in [6, 6.07) is 5.52. The second kappa shape index (κ2) is 8.91. The van der Waals surface area contributed by atoms with Crippen LogP contribution in [0.1, 0.15) is 22.8 Å². The molecular weight excluding hydrogens is 443 g/mol. The first-order valence-corrected chi connectivity index (χ1v) is 10.2. The summed E-state index contributed by atoms with van der Waals surface area (Å²) in [6.07, 6.45) is 5.22. The minimum atomic E-state index is -0.461. The molecule has 0 saturated carbocycles. The van der Waals surface area contributed by atoms with Gasteiger partial charge < -0.3 is 9.47 Å². The van der Waals surface area contributed by atoms with Crippen LogP contribution in [0.15, 0.2) is 36.8 Å². The van der Waals surface area contributed by atoms with Crippen molar-refractivity contribution in [2.75, 3.05) is 13.7 Å². The fourth-order valence-corrected chi connectivity index (χ4v) is 3.37. The van der Waals surface area contributed by atoms with Crippen LogP contribution < -0.4 is 4.74 Å². The predicted molar refractivity (Wildman–Crippen MR) is 115 cm³/mol. The average Bonchev–Trinajstić information content (AvgIpc) is 3.41. The third kappa shape index (κ3) is 4.33. The lowest BCUT2D eigenvalue weighted by Crippen LogP contribution is -2.08. The Bertz CT molecular complexity index is 1250. The highest BCUT2D eigenvalue weighted by molar-refractivity contribution is 6.42. The zero-order valence-electron chi connectivity index (χ0n) is 16.7. The quantitative estimate of drug-likeness (QED) is 0.387. The first-order valence-electron chi connectivity index (χ1n) is 9.43.